The van der Waals surface area contributed by atoms with Gasteiger partial charge in [0.1, 0.15) is 5.69 Å². The van der Waals surface area contributed by atoms with Crippen LogP contribution in [-0.2, 0) is 6.18 Å². The van der Waals surface area contributed by atoms with Gasteiger partial charge in [0.15, 0.2) is 0 Å². The fourth-order valence-electron chi connectivity index (χ4n) is 2.67. The predicted octanol–water partition coefficient (Wildman–Crippen LogP) is 4.34. The summed E-state index contributed by atoms with van der Waals surface area (Å²) in [6.07, 6.45) is 1.83. The number of halogens is 3. The lowest BCUT2D eigenvalue weighted by molar-refractivity contribution is -0.141. The summed E-state index contributed by atoms with van der Waals surface area (Å²) >= 11 is 0. The van der Waals surface area contributed by atoms with E-state index in [1.54, 1.807) is 0 Å². The van der Waals surface area contributed by atoms with Crippen molar-refractivity contribution >= 4 is 5.69 Å². The molecule has 0 bridgehead atoms. The van der Waals surface area contributed by atoms with Crippen LogP contribution in [-0.4, -0.2) is 11.5 Å². The van der Waals surface area contributed by atoms with Gasteiger partial charge >= 0.3 is 6.18 Å². The van der Waals surface area contributed by atoms with E-state index < -0.39 is 11.9 Å². The predicted molar refractivity (Wildman–Crippen MR) is 68.9 cm³/mol. The Morgan fingerprint density at radius 1 is 1.32 bits per heavy atom. The maximum absolute atomic E-state index is 12.4. The highest BCUT2D eigenvalue weighted by Crippen LogP contribution is 2.30. The molecule has 2 unspecified atom stereocenters. The van der Waals surface area contributed by atoms with Gasteiger partial charge in [-0.15, -0.1) is 0 Å². The van der Waals surface area contributed by atoms with Gasteiger partial charge in [-0.1, -0.05) is 19.8 Å². The highest BCUT2D eigenvalue weighted by molar-refractivity contribution is 5.41. The van der Waals surface area contributed by atoms with Crippen LogP contribution in [0.15, 0.2) is 18.3 Å². The lowest BCUT2D eigenvalue weighted by Crippen LogP contribution is -2.21. The van der Waals surface area contributed by atoms with Crippen molar-refractivity contribution in [3.63, 3.8) is 0 Å². The summed E-state index contributed by atoms with van der Waals surface area (Å²) in [4.78, 5) is 3.44. The molecule has 5 heteroatoms. The Bertz CT molecular complexity index is 400. The van der Waals surface area contributed by atoms with Crippen molar-refractivity contribution in [2.75, 3.05) is 11.9 Å². The number of hydrogen-bond donors (Lipinski definition) is 1. The summed E-state index contributed by atoms with van der Waals surface area (Å²) in [5.41, 5.74) is -0.185. The number of alkyl halides is 3. The standard InChI is InChI=1S/C14H19F3N2/c1-10-3-2-4-11(7-10)8-18-12-5-6-13(19-9-12)14(15,16)17/h5-6,9-11,18H,2-4,7-8H2,1H3. The van der Waals surface area contributed by atoms with Crippen molar-refractivity contribution in [2.45, 2.75) is 38.8 Å². The molecular weight excluding hydrogens is 253 g/mol. The van der Waals surface area contributed by atoms with E-state index in [1.807, 2.05) is 0 Å². The number of pyridine rings is 1. The molecule has 19 heavy (non-hydrogen) atoms. The van der Waals surface area contributed by atoms with E-state index in [-0.39, 0.29) is 0 Å². The van der Waals surface area contributed by atoms with E-state index in [4.69, 9.17) is 0 Å². The van der Waals surface area contributed by atoms with Crippen LogP contribution in [0.4, 0.5) is 18.9 Å². The van der Waals surface area contributed by atoms with Gasteiger partial charge in [-0.05, 0) is 36.8 Å². The van der Waals surface area contributed by atoms with Gasteiger partial charge in [0, 0.05) is 6.54 Å². The number of aromatic nitrogens is 1. The normalized spacial score (nSPS) is 24.2. The summed E-state index contributed by atoms with van der Waals surface area (Å²) in [6.45, 7) is 3.07. The van der Waals surface area contributed by atoms with Gasteiger partial charge in [0.2, 0.25) is 0 Å². The second-order valence-corrected chi connectivity index (χ2v) is 5.45. The number of rotatable bonds is 3. The average Bonchev–Trinajstić information content (AvgIpc) is 2.36. The highest BCUT2D eigenvalue weighted by Gasteiger charge is 2.32. The molecule has 0 amide bonds. The Labute approximate surface area is 111 Å². The topological polar surface area (TPSA) is 24.9 Å². The molecule has 0 aromatic carbocycles. The molecule has 2 nitrogen and oxygen atoms in total. The van der Waals surface area contributed by atoms with E-state index >= 15 is 0 Å². The van der Waals surface area contributed by atoms with E-state index in [0.29, 0.717) is 11.6 Å². The quantitative estimate of drug-likeness (QED) is 0.885. The zero-order valence-electron chi connectivity index (χ0n) is 11.0. The van der Waals surface area contributed by atoms with E-state index in [0.717, 1.165) is 18.5 Å². The minimum atomic E-state index is -4.36. The Morgan fingerprint density at radius 2 is 2.11 bits per heavy atom. The molecule has 0 radical (unpaired) electrons. The molecule has 1 aliphatic carbocycles. The molecule has 0 saturated heterocycles. The molecule has 1 N–H and O–H groups in total. The first-order chi connectivity index (χ1) is 8.95. The van der Waals surface area contributed by atoms with Gasteiger partial charge in [-0.3, -0.25) is 0 Å². The molecule has 1 saturated carbocycles. The fraction of sp³-hybridized carbons (Fsp3) is 0.643. The van der Waals surface area contributed by atoms with Crippen LogP contribution in [0.1, 0.15) is 38.3 Å². The molecular formula is C14H19F3N2. The number of nitrogens with zero attached hydrogens (tertiary/aromatic N) is 1. The molecule has 1 aromatic rings. The fourth-order valence-corrected chi connectivity index (χ4v) is 2.67. The van der Waals surface area contributed by atoms with E-state index in [2.05, 4.69) is 17.2 Å². The minimum absolute atomic E-state index is 0.617. The molecule has 2 atom stereocenters. The first-order valence-corrected chi connectivity index (χ1v) is 6.72. The van der Waals surface area contributed by atoms with Crippen molar-refractivity contribution in [3.05, 3.63) is 24.0 Å². The summed E-state index contributed by atoms with van der Waals surface area (Å²) < 4.78 is 37.1. The van der Waals surface area contributed by atoms with Crippen LogP contribution in [0.3, 0.4) is 0 Å². The Hall–Kier alpha value is -1.26. The zero-order valence-corrected chi connectivity index (χ0v) is 11.0. The summed E-state index contributed by atoms with van der Waals surface area (Å²) in [5.74, 6) is 1.37. The van der Waals surface area contributed by atoms with Crippen LogP contribution in [0.2, 0.25) is 0 Å². The number of nitrogens with one attached hydrogen (secondary N) is 1. The largest absolute Gasteiger partial charge is 0.433 e. The van der Waals surface area contributed by atoms with Crippen LogP contribution in [0.25, 0.3) is 0 Å². The van der Waals surface area contributed by atoms with E-state index in [1.165, 1.54) is 37.9 Å². The zero-order chi connectivity index (χ0) is 13.9. The molecule has 0 aliphatic heterocycles. The lowest BCUT2D eigenvalue weighted by atomic mass is 9.82. The van der Waals surface area contributed by atoms with Crippen molar-refractivity contribution in [2.24, 2.45) is 11.8 Å². The Morgan fingerprint density at radius 3 is 2.68 bits per heavy atom. The van der Waals surface area contributed by atoms with Crippen LogP contribution < -0.4 is 5.32 Å². The van der Waals surface area contributed by atoms with E-state index in [9.17, 15) is 13.2 Å². The molecule has 1 aromatic heterocycles. The lowest BCUT2D eigenvalue weighted by Gasteiger charge is -2.27. The molecule has 106 valence electrons. The number of hydrogen-bond acceptors (Lipinski definition) is 2. The second kappa shape index (κ2) is 5.80. The Balaban J connectivity index is 1.86. The van der Waals surface area contributed by atoms with Gasteiger partial charge in [0.05, 0.1) is 11.9 Å². The summed E-state index contributed by atoms with van der Waals surface area (Å²) in [7, 11) is 0. The smallest absolute Gasteiger partial charge is 0.384 e. The van der Waals surface area contributed by atoms with Gasteiger partial charge in [-0.2, -0.15) is 13.2 Å². The highest BCUT2D eigenvalue weighted by atomic mass is 19.4. The van der Waals surface area contributed by atoms with Crippen molar-refractivity contribution < 1.29 is 13.2 Å². The maximum Gasteiger partial charge on any atom is 0.433 e. The molecule has 0 spiro atoms. The van der Waals surface area contributed by atoms with Crippen LogP contribution in [0.5, 0.6) is 0 Å². The third kappa shape index (κ3) is 4.11. The minimum Gasteiger partial charge on any atom is -0.384 e. The SMILES string of the molecule is CC1CCCC(CNc2ccc(C(F)(F)F)nc2)C1. The van der Waals surface area contributed by atoms with Gasteiger partial charge in [0.25, 0.3) is 0 Å². The van der Waals surface area contributed by atoms with Crippen LogP contribution >= 0.6 is 0 Å². The summed E-state index contributed by atoms with van der Waals surface area (Å²) in [6, 6.07) is 2.47. The average molecular weight is 272 g/mol. The number of anilines is 1. The van der Waals surface area contributed by atoms with Gasteiger partial charge in [-0.25, -0.2) is 4.98 Å². The molecule has 1 aliphatic rings. The summed E-state index contributed by atoms with van der Waals surface area (Å²) in [5, 5.41) is 3.18. The molecule has 2 rings (SSSR count). The third-order valence-electron chi connectivity index (χ3n) is 3.69. The second-order valence-electron chi connectivity index (χ2n) is 5.45. The first-order valence-electron chi connectivity index (χ1n) is 6.72. The van der Waals surface area contributed by atoms with Gasteiger partial charge < -0.3 is 5.32 Å². The van der Waals surface area contributed by atoms with Crippen molar-refractivity contribution in [1.82, 2.24) is 4.98 Å². The van der Waals surface area contributed by atoms with Crippen molar-refractivity contribution in [1.29, 1.82) is 0 Å². The molecule has 1 fully saturated rings. The van der Waals surface area contributed by atoms with Crippen molar-refractivity contribution in [3.8, 4) is 0 Å². The maximum atomic E-state index is 12.4. The Kier molecular flexibility index (Phi) is 4.32. The first kappa shape index (κ1) is 14.2. The monoisotopic (exact) mass is 272 g/mol. The van der Waals surface area contributed by atoms with Crippen LogP contribution in [0, 0.1) is 11.8 Å². The third-order valence-corrected chi connectivity index (χ3v) is 3.69. The molecule has 1 heterocycles.